The molecule has 0 radical (unpaired) electrons. The molecule has 0 saturated carbocycles. The molecule has 5 heteroatoms. The molecule has 80 valence electrons. The van der Waals surface area contributed by atoms with Crippen molar-refractivity contribution in [3.05, 3.63) is 48.4 Å². The van der Waals surface area contributed by atoms with Gasteiger partial charge in [0.25, 0.3) is 0 Å². The van der Waals surface area contributed by atoms with Crippen LogP contribution in [0.4, 0.5) is 4.39 Å². The number of aromatic nitrogens is 1. The summed E-state index contributed by atoms with van der Waals surface area (Å²) in [6.07, 6.45) is 1.41. The van der Waals surface area contributed by atoms with Gasteiger partial charge in [-0.2, -0.15) is 0 Å². The van der Waals surface area contributed by atoms with Crippen LogP contribution in [-0.4, -0.2) is 22.2 Å². The Morgan fingerprint density at radius 3 is 2.56 bits per heavy atom. The van der Waals surface area contributed by atoms with Gasteiger partial charge in [-0.05, 0) is 29.7 Å². The van der Waals surface area contributed by atoms with E-state index in [0.717, 1.165) is 0 Å². The smallest absolute Gasteiger partial charge is 0.423 e. The second-order valence-corrected chi connectivity index (χ2v) is 3.33. The van der Waals surface area contributed by atoms with Crippen LogP contribution < -0.4 is 5.46 Å². The number of nitrogens with zero attached hydrogens (tertiary/aromatic N) is 1. The average Bonchev–Trinajstić information content (AvgIpc) is 2.30. The lowest BCUT2D eigenvalue weighted by Crippen LogP contribution is -2.29. The molecule has 0 amide bonds. The fourth-order valence-corrected chi connectivity index (χ4v) is 1.42. The molecule has 0 atom stereocenters. The third kappa shape index (κ3) is 2.10. The predicted molar refractivity (Wildman–Crippen MR) is 59.5 cm³/mol. The van der Waals surface area contributed by atoms with Crippen LogP contribution in [0, 0.1) is 5.82 Å². The topological polar surface area (TPSA) is 53.4 Å². The first-order valence-electron chi connectivity index (χ1n) is 4.75. The number of benzene rings is 1. The van der Waals surface area contributed by atoms with Gasteiger partial charge in [-0.25, -0.2) is 4.39 Å². The molecule has 0 aliphatic carbocycles. The Hall–Kier alpha value is -1.72. The lowest BCUT2D eigenvalue weighted by atomic mass is 9.80. The van der Waals surface area contributed by atoms with Crippen molar-refractivity contribution in [2.75, 3.05) is 0 Å². The highest BCUT2D eigenvalue weighted by Crippen LogP contribution is 2.18. The maximum Gasteiger partial charge on any atom is 0.488 e. The molecule has 2 N–H and O–H groups in total. The van der Waals surface area contributed by atoms with Crippen LogP contribution in [0.5, 0.6) is 0 Å². The van der Waals surface area contributed by atoms with Gasteiger partial charge in [-0.3, -0.25) is 4.98 Å². The Bertz CT molecular complexity index is 505. The summed E-state index contributed by atoms with van der Waals surface area (Å²) in [4.78, 5) is 3.99. The molecular weight excluding hydrogens is 208 g/mol. The van der Waals surface area contributed by atoms with Crippen molar-refractivity contribution in [1.82, 2.24) is 4.98 Å². The van der Waals surface area contributed by atoms with Crippen LogP contribution in [0.15, 0.2) is 42.6 Å². The van der Waals surface area contributed by atoms with Crippen LogP contribution in [-0.2, 0) is 0 Å². The van der Waals surface area contributed by atoms with E-state index in [2.05, 4.69) is 4.98 Å². The van der Waals surface area contributed by atoms with Crippen molar-refractivity contribution in [2.45, 2.75) is 0 Å². The average molecular weight is 217 g/mol. The van der Waals surface area contributed by atoms with Gasteiger partial charge in [-0.1, -0.05) is 12.1 Å². The van der Waals surface area contributed by atoms with Gasteiger partial charge in [0.1, 0.15) is 5.82 Å². The Morgan fingerprint density at radius 2 is 1.88 bits per heavy atom. The summed E-state index contributed by atoms with van der Waals surface area (Å²) >= 11 is 0. The molecule has 2 rings (SSSR count). The Morgan fingerprint density at radius 1 is 1.12 bits per heavy atom. The molecule has 0 bridgehead atoms. The first kappa shape index (κ1) is 10.8. The first-order valence-corrected chi connectivity index (χ1v) is 4.75. The van der Waals surface area contributed by atoms with Gasteiger partial charge in [0, 0.05) is 11.8 Å². The second kappa shape index (κ2) is 4.43. The van der Waals surface area contributed by atoms with Gasteiger partial charge in [0.05, 0.1) is 5.69 Å². The monoisotopic (exact) mass is 217 g/mol. The van der Waals surface area contributed by atoms with E-state index < -0.39 is 7.12 Å². The number of rotatable bonds is 2. The SMILES string of the molecule is OB(O)c1ccnc(-c2ccccc2F)c1. The van der Waals surface area contributed by atoms with E-state index in [4.69, 9.17) is 10.0 Å². The minimum Gasteiger partial charge on any atom is -0.423 e. The minimum atomic E-state index is -1.58. The summed E-state index contributed by atoms with van der Waals surface area (Å²) in [6, 6.07) is 9.12. The number of hydrogen-bond acceptors (Lipinski definition) is 3. The highest BCUT2D eigenvalue weighted by atomic mass is 19.1. The maximum absolute atomic E-state index is 13.4. The van der Waals surface area contributed by atoms with Crippen LogP contribution in [0.25, 0.3) is 11.3 Å². The van der Waals surface area contributed by atoms with E-state index >= 15 is 0 Å². The fraction of sp³-hybridized carbons (Fsp3) is 0. The van der Waals surface area contributed by atoms with Gasteiger partial charge >= 0.3 is 7.12 Å². The molecule has 16 heavy (non-hydrogen) atoms. The lowest BCUT2D eigenvalue weighted by Gasteiger charge is -2.04. The number of hydrogen-bond donors (Lipinski definition) is 2. The third-order valence-corrected chi connectivity index (χ3v) is 2.23. The van der Waals surface area contributed by atoms with E-state index in [9.17, 15) is 4.39 Å². The molecule has 0 unspecified atom stereocenters. The number of pyridine rings is 1. The molecule has 3 nitrogen and oxygen atoms in total. The Balaban J connectivity index is 2.49. The second-order valence-electron chi connectivity index (χ2n) is 3.33. The summed E-state index contributed by atoms with van der Waals surface area (Å²) in [5.41, 5.74) is 1.00. The highest BCUT2D eigenvalue weighted by molar-refractivity contribution is 6.58. The molecule has 0 fully saturated rings. The molecule has 0 spiro atoms. The van der Waals surface area contributed by atoms with Crippen molar-refractivity contribution >= 4 is 12.6 Å². The highest BCUT2D eigenvalue weighted by Gasteiger charge is 2.13. The van der Waals surface area contributed by atoms with Crippen molar-refractivity contribution in [3.8, 4) is 11.3 Å². The van der Waals surface area contributed by atoms with Crippen molar-refractivity contribution in [3.63, 3.8) is 0 Å². The maximum atomic E-state index is 13.4. The third-order valence-electron chi connectivity index (χ3n) is 2.23. The van der Waals surface area contributed by atoms with Crippen LogP contribution >= 0.6 is 0 Å². The lowest BCUT2D eigenvalue weighted by molar-refractivity contribution is 0.425. The van der Waals surface area contributed by atoms with E-state index in [1.54, 1.807) is 18.2 Å². The van der Waals surface area contributed by atoms with E-state index in [1.165, 1.54) is 24.4 Å². The molecule has 1 aromatic carbocycles. The van der Waals surface area contributed by atoms with E-state index in [0.29, 0.717) is 11.3 Å². The van der Waals surface area contributed by atoms with Crippen molar-refractivity contribution in [2.24, 2.45) is 0 Å². The van der Waals surface area contributed by atoms with Crippen LogP contribution in [0.1, 0.15) is 0 Å². The van der Waals surface area contributed by atoms with Gasteiger partial charge in [0.2, 0.25) is 0 Å². The van der Waals surface area contributed by atoms with Crippen molar-refractivity contribution in [1.29, 1.82) is 0 Å². The summed E-state index contributed by atoms with van der Waals surface area (Å²) < 4.78 is 13.4. The molecule has 0 aliphatic rings. The van der Waals surface area contributed by atoms with Crippen LogP contribution in [0.2, 0.25) is 0 Å². The van der Waals surface area contributed by atoms with Gasteiger partial charge in [0.15, 0.2) is 0 Å². The molecule has 0 aliphatic heterocycles. The molecule has 1 heterocycles. The van der Waals surface area contributed by atoms with Crippen LogP contribution in [0.3, 0.4) is 0 Å². The molecular formula is C11H9BFNO2. The summed E-state index contributed by atoms with van der Waals surface area (Å²) in [6.45, 7) is 0. The van der Waals surface area contributed by atoms with E-state index in [1.807, 2.05) is 0 Å². The summed E-state index contributed by atoms with van der Waals surface area (Å²) in [7, 11) is -1.58. The Kier molecular flexibility index (Phi) is 2.98. The summed E-state index contributed by atoms with van der Waals surface area (Å²) in [5, 5.41) is 18.0. The molecule has 1 aromatic heterocycles. The van der Waals surface area contributed by atoms with Crippen molar-refractivity contribution < 1.29 is 14.4 Å². The predicted octanol–water partition coefficient (Wildman–Crippen LogP) is 0.567. The quantitative estimate of drug-likeness (QED) is 0.723. The minimum absolute atomic E-state index is 0.285. The zero-order valence-electron chi connectivity index (χ0n) is 8.34. The molecule has 2 aromatic rings. The standard InChI is InChI=1S/C11H9BFNO2/c13-10-4-2-1-3-9(10)11-7-8(12(15)16)5-6-14-11/h1-7,15-16H. The normalized spacial score (nSPS) is 10.2. The largest absolute Gasteiger partial charge is 0.488 e. The Labute approximate surface area is 92.4 Å². The summed E-state index contributed by atoms with van der Waals surface area (Å²) in [5.74, 6) is -0.389. The number of halogens is 1. The molecule has 0 saturated heterocycles. The van der Waals surface area contributed by atoms with Gasteiger partial charge < -0.3 is 10.0 Å². The van der Waals surface area contributed by atoms with E-state index in [-0.39, 0.29) is 11.3 Å². The zero-order valence-corrected chi connectivity index (χ0v) is 8.34. The fourth-order valence-electron chi connectivity index (χ4n) is 1.42. The van der Waals surface area contributed by atoms with Gasteiger partial charge in [-0.15, -0.1) is 0 Å². The zero-order chi connectivity index (χ0) is 11.5. The first-order chi connectivity index (χ1) is 7.68.